The molecule has 9 rings (SSSR count). The van der Waals surface area contributed by atoms with Gasteiger partial charge in [0.25, 0.3) is 0 Å². The molecule has 0 spiro atoms. The van der Waals surface area contributed by atoms with E-state index in [-0.39, 0.29) is 32.0 Å². The Balaban J connectivity index is 0.00000560. The quantitative estimate of drug-likeness (QED) is 0.142. The molecule has 0 radical (unpaired) electrons. The van der Waals surface area contributed by atoms with Crippen LogP contribution in [-0.2, 0) is 26.5 Å². The Hall–Kier alpha value is -6.35. The molecule has 0 amide bonds. The summed E-state index contributed by atoms with van der Waals surface area (Å²) in [5, 5.41) is 0. The zero-order valence-electron chi connectivity index (χ0n) is 37.9. The van der Waals surface area contributed by atoms with E-state index in [0.717, 1.165) is 77.9 Å². The molecule has 0 aliphatic rings. The van der Waals surface area contributed by atoms with Crippen molar-refractivity contribution in [3.8, 4) is 78.6 Å². The van der Waals surface area contributed by atoms with E-state index < -0.39 is 6.85 Å². The molecule has 7 aromatic carbocycles. The minimum absolute atomic E-state index is 0. The van der Waals surface area contributed by atoms with E-state index in [1.54, 1.807) is 12.1 Å². The van der Waals surface area contributed by atoms with Gasteiger partial charge in [0.2, 0.25) is 0 Å². The number of imidazole rings is 1. The molecule has 0 aliphatic carbocycles. The molecular formula is C56H47N3OPt. The Morgan fingerprint density at radius 1 is 0.623 bits per heavy atom. The van der Waals surface area contributed by atoms with Crippen LogP contribution in [0.25, 0.3) is 83.9 Å². The van der Waals surface area contributed by atoms with Crippen LogP contribution in [0.15, 0.2) is 164 Å². The van der Waals surface area contributed by atoms with Crippen molar-refractivity contribution in [1.29, 1.82) is 0 Å². The van der Waals surface area contributed by atoms with Crippen molar-refractivity contribution in [3.63, 3.8) is 0 Å². The second-order valence-corrected chi connectivity index (χ2v) is 16.5. The molecule has 302 valence electrons. The summed E-state index contributed by atoms with van der Waals surface area (Å²) < 4.78 is 33.5. The number of benzene rings is 7. The molecule has 0 fully saturated rings. The number of fused-ring (bicyclic) bond motifs is 1. The third-order valence-corrected chi connectivity index (χ3v) is 11.2. The van der Waals surface area contributed by atoms with Crippen LogP contribution in [0, 0.1) is 33.9 Å². The van der Waals surface area contributed by atoms with Crippen LogP contribution in [0.3, 0.4) is 0 Å². The molecule has 9 aromatic rings. The van der Waals surface area contributed by atoms with Crippen LogP contribution >= 0.6 is 0 Å². The third-order valence-electron chi connectivity index (χ3n) is 11.2. The molecule has 61 heavy (non-hydrogen) atoms. The Labute approximate surface area is 378 Å². The van der Waals surface area contributed by atoms with E-state index in [1.807, 2.05) is 80.7 Å². The summed E-state index contributed by atoms with van der Waals surface area (Å²) in [7, 11) is 3.84. The van der Waals surface area contributed by atoms with Gasteiger partial charge in [-0.2, -0.15) is 7.11 Å². The second-order valence-electron chi connectivity index (χ2n) is 16.5. The first kappa shape index (κ1) is 37.6. The van der Waals surface area contributed by atoms with Crippen molar-refractivity contribution in [2.75, 3.05) is 0 Å². The van der Waals surface area contributed by atoms with Crippen LogP contribution in [0.1, 0.15) is 47.1 Å². The zero-order valence-corrected chi connectivity index (χ0v) is 37.1. The summed E-state index contributed by atoms with van der Waals surface area (Å²) in [6, 6.07) is 57.1. The van der Waals surface area contributed by atoms with Gasteiger partial charge in [0.05, 0.1) is 22.3 Å². The summed E-state index contributed by atoms with van der Waals surface area (Å²) in [5.74, 6) is 1.20. The first-order valence-corrected chi connectivity index (χ1v) is 20.2. The van der Waals surface area contributed by atoms with E-state index in [9.17, 15) is 0 Å². The molecule has 5 heteroatoms. The molecule has 0 unspecified atom stereocenters. The standard InChI is InChI=1S/C56H47N3O.Pt/c1-36-27-38(3)54(60-7)50(30-36)55-58-53-49(19-14-20-52(53)59(55)48-29-37(2)28-44(34-48)40-17-12-9-13-18-40)45-31-46(33-47(32-45)56(4,5)6)51-35-43(25-26-57-51)42-23-21-41(22-24-42)39-15-10-8-11-16-39;/h8-30,32-35H,7H2,1-6H3;/q-2;+2/i2D3;. The van der Waals surface area contributed by atoms with Crippen molar-refractivity contribution < 1.29 is 29.9 Å². The van der Waals surface area contributed by atoms with Crippen molar-refractivity contribution in [1.82, 2.24) is 14.5 Å². The van der Waals surface area contributed by atoms with Gasteiger partial charge in [0.15, 0.2) is 0 Å². The van der Waals surface area contributed by atoms with Gasteiger partial charge in [0.1, 0.15) is 5.82 Å². The van der Waals surface area contributed by atoms with Gasteiger partial charge in [-0.05, 0) is 107 Å². The molecule has 0 aliphatic heterocycles. The summed E-state index contributed by atoms with van der Waals surface area (Å²) >= 11 is 0. The fourth-order valence-electron chi connectivity index (χ4n) is 8.14. The van der Waals surface area contributed by atoms with Gasteiger partial charge in [0, 0.05) is 21.7 Å². The predicted molar refractivity (Wildman–Crippen MR) is 249 cm³/mol. The fraction of sp³-hybridized carbons (Fsp3) is 0.125. The predicted octanol–water partition coefficient (Wildman–Crippen LogP) is 14.6. The smallest absolute Gasteiger partial charge is 0.665 e. The summed E-state index contributed by atoms with van der Waals surface area (Å²) in [4.78, 5) is 10.4. The van der Waals surface area contributed by atoms with Gasteiger partial charge >= 0.3 is 21.1 Å². The molecule has 4 nitrogen and oxygen atoms in total. The third kappa shape index (κ3) is 8.26. The first-order chi connectivity index (χ1) is 30.2. The number of hydrogen-bond acceptors (Lipinski definition) is 3. The normalized spacial score (nSPS) is 12.3. The van der Waals surface area contributed by atoms with Crippen molar-refractivity contribution in [2.24, 2.45) is 0 Å². The number of hydrogen-bond donors (Lipinski definition) is 0. The maximum absolute atomic E-state index is 8.54. The monoisotopic (exact) mass is 975 g/mol. The first-order valence-electron chi connectivity index (χ1n) is 21.7. The molecule has 0 atom stereocenters. The van der Waals surface area contributed by atoms with Crippen LogP contribution in [-0.4, -0.2) is 14.5 Å². The molecule has 2 heterocycles. The minimum Gasteiger partial charge on any atom is -0.665 e. The number of nitrogens with zero attached hydrogens (tertiary/aromatic N) is 3. The average Bonchev–Trinajstić information content (AvgIpc) is 3.69. The Kier molecular flexibility index (Phi) is 10.5. The number of aromatic nitrogens is 3. The van der Waals surface area contributed by atoms with Crippen LogP contribution < -0.4 is 4.74 Å². The van der Waals surface area contributed by atoms with Gasteiger partial charge < -0.3 is 4.74 Å². The zero-order chi connectivity index (χ0) is 44.0. The number of rotatable bonds is 8. The number of para-hydroxylation sites is 1. The van der Waals surface area contributed by atoms with Crippen molar-refractivity contribution in [3.05, 3.63) is 199 Å². The van der Waals surface area contributed by atoms with E-state index in [1.165, 1.54) is 11.1 Å². The maximum Gasteiger partial charge on any atom is 2.00 e. The maximum atomic E-state index is 8.54. The van der Waals surface area contributed by atoms with Gasteiger partial charge in [-0.3, -0.25) is 9.55 Å². The summed E-state index contributed by atoms with van der Waals surface area (Å²) in [5.41, 5.74) is 15.7. The average molecular weight is 976 g/mol. The van der Waals surface area contributed by atoms with Crippen molar-refractivity contribution in [2.45, 2.75) is 46.9 Å². The molecular weight excluding hydrogens is 926 g/mol. The number of aryl methyl sites for hydroxylation is 3. The second kappa shape index (κ2) is 17.0. The summed E-state index contributed by atoms with van der Waals surface area (Å²) in [6.45, 7) is 8.31. The summed E-state index contributed by atoms with van der Waals surface area (Å²) in [6.07, 6.45) is 1.87. The van der Waals surface area contributed by atoms with Gasteiger partial charge in [-0.25, -0.2) is 4.98 Å². The Morgan fingerprint density at radius 2 is 1.28 bits per heavy atom. The minimum atomic E-state index is -2.36. The van der Waals surface area contributed by atoms with E-state index in [2.05, 4.69) is 123 Å². The molecule has 0 saturated heterocycles. The number of pyridine rings is 1. The van der Waals surface area contributed by atoms with E-state index in [0.29, 0.717) is 17.3 Å². The van der Waals surface area contributed by atoms with Crippen LogP contribution in [0.4, 0.5) is 0 Å². The molecule has 0 bridgehead atoms. The molecule has 0 saturated carbocycles. The Morgan fingerprint density at radius 3 is 1.95 bits per heavy atom. The van der Waals surface area contributed by atoms with E-state index in [4.69, 9.17) is 18.8 Å². The topological polar surface area (TPSA) is 39.9 Å². The van der Waals surface area contributed by atoms with Gasteiger partial charge in [-0.1, -0.05) is 147 Å². The number of ether oxygens (including phenoxy) is 1. The largest absolute Gasteiger partial charge is 2.00 e. The van der Waals surface area contributed by atoms with E-state index >= 15 is 0 Å². The SMILES string of the molecule is [2H]C([2H])([2H])c1cc(-c2ccccc2)cc(-n2c(-c3cc(C)cc(C)c3O[CH2-])nc3c(-c4[c-]c(-c5cc(-c6ccc(-c7ccccc7)cc6)ccn5)cc(C(C)(C)C)c4)cccc32)c1.[Pt+2]. The molecule has 0 N–H and O–H groups in total. The fourth-order valence-corrected chi connectivity index (χ4v) is 8.14. The van der Waals surface area contributed by atoms with Crippen LogP contribution in [0.5, 0.6) is 5.75 Å². The molecule has 2 aromatic heterocycles. The van der Waals surface area contributed by atoms with Crippen molar-refractivity contribution >= 4 is 11.0 Å². The Bertz CT molecular complexity index is 3130. The van der Waals surface area contributed by atoms with Gasteiger partial charge in [-0.15, -0.1) is 29.3 Å². The van der Waals surface area contributed by atoms with Crippen LogP contribution in [0.2, 0.25) is 0 Å².